The Morgan fingerprint density at radius 3 is 1.97 bits per heavy atom. The van der Waals surface area contributed by atoms with Crippen molar-refractivity contribution in [1.29, 1.82) is 0 Å². The molecule has 220 valence electrons. The molecular formula is C27H54N3O5PSi2. The first kappa shape index (κ1) is 33.6. The highest BCUT2D eigenvalue weighted by atomic mass is 31.2. The van der Waals surface area contributed by atoms with Crippen LogP contribution in [0.5, 0.6) is 5.88 Å². The molecule has 0 aliphatic carbocycles. The number of aromatic nitrogens is 1. The predicted octanol–water partition coefficient (Wildman–Crippen LogP) is 7.24. The molecule has 0 saturated carbocycles. The van der Waals surface area contributed by atoms with Crippen molar-refractivity contribution in [1.82, 2.24) is 14.3 Å². The summed E-state index contributed by atoms with van der Waals surface area (Å²) in [6, 6.07) is 3.93. The van der Waals surface area contributed by atoms with Crippen LogP contribution in [0, 0.1) is 6.92 Å². The molecular weight excluding hydrogens is 533 g/mol. The highest BCUT2D eigenvalue weighted by Crippen LogP contribution is 2.52. The maximum Gasteiger partial charge on any atom is 0.395 e. The summed E-state index contributed by atoms with van der Waals surface area (Å²) < 4.78 is 43.4. The average Bonchev–Trinajstić information content (AvgIpc) is 3.12. The van der Waals surface area contributed by atoms with E-state index in [1.165, 1.54) is 0 Å². The molecule has 1 aliphatic heterocycles. The predicted molar refractivity (Wildman–Crippen MR) is 162 cm³/mol. The van der Waals surface area contributed by atoms with Crippen LogP contribution in [-0.2, 0) is 18.2 Å². The molecule has 1 saturated heterocycles. The van der Waals surface area contributed by atoms with E-state index < -0.39 is 24.3 Å². The largest absolute Gasteiger partial charge is 0.414 e. The van der Waals surface area contributed by atoms with Crippen LogP contribution in [0.1, 0.15) is 65.3 Å². The number of pyridine rings is 1. The minimum atomic E-state index is -3.31. The highest BCUT2D eigenvalue weighted by Gasteiger charge is 2.47. The Morgan fingerprint density at radius 2 is 1.50 bits per heavy atom. The van der Waals surface area contributed by atoms with Gasteiger partial charge in [-0.3, -0.25) is 0 Å². The first-order valence-corrected chi connectivity index (χ1v) is 21.0. The molecule has 1 fully saturated rings. The molecule has 0 spiro atoms. The molecule has 1 aromatic rings. The zero-order chi connectivity index (χ0) is 29.5. The maximum atomic E-state index is 13.7. The van der Waals surface area contributed by atoms with Crippen LogP contribution in [0.15, 0.2) is 12.1 Å². The maximum absolute atomic E-state index is 13.7. The third kappa shape index (κ3) is 7.57. The van der Waals surface area contributed by atoms with E-state index >= 15 is 0 Å². The lowest BCUT2D eigenvalue weighted by Crippen LogP contribution is -2.48. The summed E-state index contributed by atoms with van der Waals surface area (Å²) in [6.45, 7) is 25.0. The summed E-state index contributed by atoms with van der Waals surface area (Å²) in [5.41, 5.74) is 1.58. The van der Waals surface area contributed by atoms with Gasteiger partial charge in [0.1, 0.15) is 6.10 Å². The molecule has 2 rings (SSSR count). The second kappa shape index (κ2) is 11.7. The van der Waals surface area contributed by atoms with E-state index in [0.29, 0.717) is 18.9 Å². The van der Waals surface area contributed by atoms with Gasteiger partial charge in [-0.25, -0.2) is 18.9 Å². The molecule has 11 heteroatoms. The van der Waals surface area contributed by atoms with E-state index in [-0.39, 0.29) is 28.4 Å². The van der Waals surface area contributed by atoms with Crippen LogP contribution in [0.4, 0.5) is 0 Å². The average molecular weight is 588 g/mol. The quantitative estimate of drug-likeness (QED) is 0.209. The molecule has 1 aromatic heterocycles. The lowest BCUT2D eigenvalue weighted by atomic mass is 10.1. The second-order valence-electron chi connectivity index (χ2n) is 14.0. The summed E-state index contributed by atoms with van der Waals surface area (Å²) in [7, 11) is -0.365. The van der Waals surface area contributed by atoms with Crippen molar-refractivity contribution in [3.8, 4) is 5.88 Å². The van der Waals surface area contributed by atoms with E-state index in [9.17, 15) is 4.57 Å². The normalized spacial score (nSPS) is 22.0. The number of rotatable bonds is 10. The van der Waals surface area contributed by atoms with Crippen LogP contribution < -0.4 is 4.52 Å². The molecule has 38 heavy (non-hydrogen) atoms. The Kier molecular flexibility index (Phi) is 10.4. The molecule has 0 bridgehead atoms. The number of aryl methyl sites for hydroxylation is 1. The van der Waals surface area contributed by atoms with E-state index in [1.807, 2.05) is 19.1 Å². The Bertz CT molecular complexity index is 993. The summed E-state index contributed by atoms with van der Waals surface area (Å²) in [6.07, 6.45) is 0.0211. The monoisotopic (exact) mass is 587 g/mol. The number of ether oxygens (including phenoxy) is 1. The van der Waals surface area contributed by atoms with E-state index in [2.05, 4.69) is 72.7 Å². The summed E-state index contributed by atoms with van der Waals surface area (Å²) in [4.78, 5) is 4.66. The van der Waals surface area contributed by atoms with Gasteiger partial charge in [0.15, 0.2) is 16.6 Å². The van der Waals surface area contributed by atoms with Gasteiger partial charge in [0, 0.05) is 17.7 Å². The number of hydrogen-bond donors (Lipinski definition) is 0. The fraction of sp³-hybridized carbons (Fsp3) is 0.815. The van der Waals surface area contributed by atoms with Crippen molar-refractivity contribution < 1.29 is 22.7 Å². The Morgan fingerprint density at radius 1 is 0.974 bits per heavy atom. The van der Waals surface area contributed by atoms with Gasteiger partial charge in [-0.15, -0.1) is 0 Å². The van der Waals surface area contributed by atoms with Crippen molar-refractivity contribution in [3.63, 3.8) is 0 Å². The molecule has 2 heterocycles. The van der Waals surface area contributed by atoms with Crippen molar-refractivity contribution in [3.05, 3.63) is 23.4 Å². The van der Waals surface area contributed by atoms with E-state index in [0.717, 1.165) is 11.3 Å². The lowest BCUT2D eigenvalue weighted by molar-refractivity contribution is -0.0169. The molecule has 0 N–H and O–H groups in total. The zero-order valence-corrected chi connectivity index (χ0v) is 29.5. The second-order valence-corrected chi connectivity index (χ2v) is 26.3. The fourth-order valence-electron chi connectivity index (χ4n) is 3.75. The molecule has 0 amide bonds. The number of hydrogen-bond acceptors (Lipinski definition) is 6. The van der Waals surface area contributed by atoms with Gasteiger partial charge in [0.25, 0.3) is 0 Å². The van der Waals surface area contributed by atoms with Crippen LogP contribution in [0.25, 0.3) is 0 Å². The molecule has 1 aliphatic rings. The van der Waals surface area contributed by atoms with Gasteiger partial charge in [0.05, 0.1) is 18.8 Å². The lowest BCUT2D eigenvalue weighted by Gasteiger charge is -2.40. The van der Waals surface area contributed by atoms with Gasteiger partial charge in [-0.1, -0.05) is 41.5 Å². The standard InChI is InChI=1S/C27H54N3O5PSi2/c1-20-16-17-21(25(28-20)34-36(31,29(8)9)30(10)11)22-18-23(35-38(14,15)27(5,6)7)24(33-22)19-32-37(12,13)26(2,3)4/h16-17,22-24H,18-19H2,1-15H3/t22-,23+,24-/m1/s1. The third-order valence-electron chi connectivity index (χ3n) is 8.46. The first-order valence-electron chi connectivity index (χ1n) is 13.6. The SMILES string of the molecule is Cc1ccc([C@H]2C[C@H](O[Si](C)(C)C(C)(C)C)[C@@H](CO[Si](C)(C)C(C)(C)C)O2)c(OP(=O)(N(C)C)N(C)C)n1. The minimum absolute atomic E-state index is 0.0691. The molecule has 0 unspecified atom stereocenters. The van der Waals surface area contributed by atoms with Crippen molar-refractivity contribution >= 4 is 24.3 Å². The Labute approximate surface area is 234 Å². The molecule has 0 radical (unpaired) electrons. The van der Waals surface area contributed by atoms with Crippen LogP contribution in [0.3, 0.4) is 0 Å². The first-order chi connectivity index (χ1) is 17.0. The topological polar surface area (TPSA) is 73.4 Å². The smallest absolute Gasteiger partial charge is 0.395 e. The van der Waals surface area contributed by atoms with Gasteiger partial charge >= 0.3 is 7.67 Å². The van der Waals surface area contributed by atoms with Crippen molar-refractivity contribution in [2.75, 3.05) is 34.8 Å². The summed E-state index contributed by atoms with van der Waals surface area (Å²) >= 11 is 0. The molecule has 8 nitrogen and oxygen atoms in total. The highest BCUT2D eigenvalue weighted by molar-refractivity contribution is 7.54. The minimum Gasteiger partial charge on any atom is -0.414 e. The van der Waals surface area contributed by atoms with Gasteiger partial charge < -0.3 is 18.1 Å². The van der Waals surface area contributed by atoms with Crippen molar-refractivity contribution in [2.24, 2.45) is 0 Å². The van der Waals surface area contributed by atoms with E-state index in [1.54, 1.807) is 37.5 Å². The summed E-state index contributed by atoms with van der Waals surface area (Å²) in [5, 5.41) is 0.169. The van der Waals surface area contributed by atoms with E-state index in [4.69, 9.17) is 18.1 Å². The Balaban J connectivity index is 2.45. The van der Waals surface area contributed by atoms with Crippen LogP contribution in [0.2, 0.25) is 36.3 Å². The fourth-order valence-corrected chi connectivity index (χ4v) is 7.53. The third-order valence-corrected chi connectivity index (χ3v) is 19.9. The molecule has 0 aromatic carbocycles. The van der Waals surface area contributed by atoms with Crippen molar-refractivity contribution in [2.45, 2.75) is 109 Å². The van der Waals surface area contributed by atoms with Gasteiger partial charge in [0.2, 0.25) is 5.88 Å². The van der Waals surface area contributed by atoms with Crippen LogP contribution in [-0.4, -0.2) is 78.0 Å². The summed E-state index contributed by atoms with van der Waals surface area (Å²) in [5.74, 6) is 0.345. The molecule has 3 atom stereocenters. The van der Waals surface area contributed by atoms with Gasteiger partial charge in [-0.05, 0) is 83.5 Å². The number of nitrogens with zero attached hydrogens (tertiary/aromatic N) is 3. The van der Waals surface area contributed by atoms with Gasteiger partial charge in [-0.2, -0.15) is 0 Å². The van der Waals surface area contributed by atoms with Crippen LogP contribution >= 0.6 is 7.67 Å². The zero-order valence-electron chi connectivity index (χ0n) is 26.6. The Hall–Kier alpha value is -0.586.